The van der Waals surface area contributed by atoms with Gasteiger partial charge in [-0.15, -0.1) is 0 Å². The number of carbonyl (C=O) groups is 1. The quantitative estimate of drug-likeness (QED) is 0.532. The number of hydrogen-bond acceptors (Lipinski definition) is 5. The fourth-order valence-electron chi connectivity index (χ4n) is 3.01. The molecule has 2 aromatic carbocycles. The molecule has 136 valence electrons. The minimum atomic E-state index is -0.408. The summed E-state index contributed by atoms with van der Waals surface area (Å²) in [5.41, 5.74) is -0.0618. The van der Waals surface area contributed by atoms with E-state index in [-0.39, 0.29) is 23.2 Å². The van der Waals surface area contributed by atoms with Gasteiger partial charge in [0.1, 0.15) is 23.5 Å². The van der Waals surface area contributed by atoms with Crippen LogP contribution in [0.15, 0.2) is 58.0 Å². The van der Waals surface area contributed by atoms with E-state index in [0.717, 1.165) is 16.5 Å². The van der Waals surface area contributed by atoms with Gasteiger partial charge in [0.2, 0.25) is 5.71 Å². The van der Waals surface area contributed by atoms with Gasteiger partial charge in [0.15, 0.2) is 0 Å². The summed E-state index contributed by atoms with van der Waals surface area (Å²) in [7, 11) is 0. The molecule has 0 bridgehead atoms. The number of hydrogen-bond donors (Lipinski definition) is 2. The van der Waals surface area contributed by atoms with E-state index in [1.165, 1.54) is 6.33 Å². The number of amides is 1. The van der Waals surface area contributed by atoms with E-state index in [4.69, 9.17) is 9.15 Å². The average Bonchev–Trinajstić information content (AvgIpc) is 3.02. The first kappa shape index (κ1) is 16.8. The molecule has 7 nitrogen and oxygen atoms in total. The van der Waals surface area contributed by atoms with Crippen molar-refractivity contribution in [2.24, 2.45) is 0 Å². The molecule has 2 heterocycles. The van der Waals surface area contributed by atoms with E-state index >= 15 is 0 Å². The zero-order valence-corrected chi connectivity index (χ0v) is 14.6. The smallest absolute Gasteiger partial charge is 0.262 e. The molecule has 0 aliphatic carbocycles. The van der Waals surface area contributed by atoms with Gasteiger partial charge in [0, 0.05) is 0 Å². The fraction of sp³-hybridized carbons (Fsp3) is 0.150. The van der Waals surface area contributed by atoms with Crippen LogP contribution in [0.2, 0.25) is 0 Å². The third kappa shape index (κ3) is 3.27. The van der Waals surface area contributed by atoms with Crippen molar-refractivity contribution in [3.63, 3.8) is 0 Å². The number of fused-ring (bicyclic) bond motifs is 2. The molecule has 0 fully saturated rings. The molecule has 0 spiro atoms. The molecule has 0 atom stereocenters. The van der Waals surface area contributed by atoms with Crippen LogP contribution >= 0.6 is 0 Å². The highest BCUT2D eigenvalue weighted by Gasteiger charge is 2.21. The minimum Gasteiger partial charge on any atom is -0.492 e. The summed E-state index contributed by atoms with van der Waals surface area (Å²) in [4.78, 5) is 30.8. The summed E-state index contributed by atoms with van der Waals surface area (Å²) >= 11 is 0. The highest BCUT2D eigenvalue weighted by molar-refractivity contribution is 6.06. The van der Waals surface area contributed by atoms with E-state index in [9.17, 15) is 9.59 Å². The van der Waals surface area contributed by atoms with Crippen molar-refractivity contribution >= 4 is 27.8 Å². The molecule has 4 aromatic rings. The molecule has 4 rings (SSSR count). The molecule has 7 heteroatoms. The molecule has 2 aromatic heterocycles. The summed E-state index contributed by atoms with van der Waals surface area (Å²) < 4.78 is 11.1. The lowest BCUT2D eigenvalue weighted by atomic mass is 10.1. The van der Waals surface area contributed by atoms with E-state index in [1.807, 2.05) is 42.5 Å². The first-order valence-corrected chi connectivity index (χ1v) is 8.50. The molecule has 0 aliphatic rings. The normalized spacial score (nSPS) is 11.0. The predicted octanol–water partition coefficient (Wildman–Crippen LogP) is 2.79. The third-order valence-electron chi connectivity index (χ3n) is 4.27. The van der Waals surface area contributed by atoms with Crippen molar-refractivity contribution in [2.75, 3.05) is 13.2 Å². The van der Waals surface area contributed by atoms with Gasteiger partial charge < -0.3 is 19.5 Å². The number of nitrogens with zero attached hydrogens (tertiary/aromatic N) is 1. The number of benzene rings is 2. The van der Waals surface area contributed by atoms with Crippen LogP contribution in [0.1, 0.15) is 16.1 Å². The van der Waals surface area contributed by atoms with Crippen molar-refractivity contribution in [3.05, 3.63) is 70.5 Å². The van der Waals surface area contributed by atoms with Gasteiger partial charge in [-0.3, -0.25) is 9.59 Å². The summed E-state index contributed by atoms with van der Waals surface area (Å²) in [6, 6.07) is 13.8. The lowest BCUT2D eigenvalue weighted by Crippen LogP contribution is -2.29. The van der Waals surface area contributed by atoms with Gasteiger partial charge in [0.25, 0.3) is 11.5 Å². The van der Waals surface area contributed by atoms with Crippen LogP contribution in [0.3, 0.4) is 0 Å². The van der Waals surface area contributed by atoms with Crippen LogP contribution in [0.25, 0.3) is 21.9 Å². The van der Waals surface area contributed by atoms with Crippen molar-refractivity contribution < 1.29 is 13.9 Å². The maximum absolute atomic E-state index is 12.5. The number of carbonyl (C=O) groups excluding carboxylic acids is 1. The van der Waals surface area contributed by atoms with E-state index in [2.05, 4.69) is 15.3 Å². The van der Waals surface area contributed by atoms with Crippen LogP contribution in [0.5, 0.6) is 5.75 Å². The molecule has 1 amide bonds. The lowest BCUT2D eigenvalue weighted by molar-refractivity contribution is 0.0947. The maximum Gasteiger partial charge on any atom is 0.262 e. The largest absolute Gasteiger partial charge is 0.492 e. The Bertz CT molecular complexity index is 1190. The van der Waals surface area contributed by atoms with Crippen molar-refractivity contribution in [3.8, 4) is 5.75 Å². The monoisotopic (exact) mass is 363 g/mol. The summed E-state index contributed by atoms with van der Waals surface area (Å²) in [6.07, 6.45) is 1.24. The summed E-state index contributed by atoms with van der Waals surface area (Å²) in [6.45, 7) is 2.21. The van der Waals surface area contributed by atoms with E-state index < -0.39 is 11.5 Å². The molecule has 0 radical (unpaired) electrons. The van der Waals surface area contributed by atoms with Crippen molar-refractivity contribution in [1.29, 1.82) is 0 Å². The van der Waals surface area contributed by atoms with Crippen LogP contribution in [0.4, 0.5) is 0 Å². The Morgan fingerprint density at radius 2 is 2.04 bits per heavy atom. The van der Waals surface area contributed by atoms with E-state index in [0.29, 0.717) is 12.4 Å². The first-order valence-electron chi connectivity index (χ1n) is 8.50. The number of ether oxygens (including phenoxy) is 1. The second-order valence-electron chi connectivity index (χ2n) is 6.06. The van der Waals surface area contributed by atoms with E-state index in [1.54, 1.807) is 6.92 Å². The molecule has 2 N–H and O–H groups in total. The Balaban J connectivity index is 1.41. The highest BCUT2D eigenvalue weighted by Crippen LogP contribution is 2.21. The number of furan rings is 1. The Morgan fingerprint density at radius 3 is 2.89 bits per heavy atom. The SMILES string of the molecule is Cc1oc2nc[nH]c(=O)c2c1C(=O)NCCOc1ccc2ccccc2c1. The topological polar surface area (TPSA) is 97.2 Å². The Kier molecular flexibility index (Phi) is 4.33. The number of H-pyrrole nitrogens is 1. The van der Waals surface area contributed by atoms with Gasteiger partial charge in [0.05, 0.1) is 18.4 Å². The first-order chi connectivity index (χ1) is 13.1. The second kappa shape index (κ2) is 6.95. The molecule has 0 unspecified atom stereocenters. The highest BCUT2D eigenvalue weighted by atomic mass is 16.5. The molecule has 0 saturated heterocycles. The Labute approximate surface area is 154 Å². The predicted molar refractivity (Wildman–Crippen MR) is 101 cm³/mol. The van der Waals surface area contributed by atoms with Gasteiger partial charge in [-0.2, -0.15) is 0 Å². The molecule has 27 heavy (non-hydrogen) atoms. The van der Waals surface area contributed by atoms with Crippen molar-refractivity contribution in [1.82, 2.24) is 15.3 Å². The lowest BCUT2D eigenvalue weighted by Gasteiger charge is -2.08. The number of nitrogens with one attached hydrogen (secondary N) is 2. The zero-order valence-electron chi connectivity index (χ0n) is 14.6. The fourth-order valence-corrected chi connectivity index (χ4v) is 3.01. The minimum absolute atomic E-state index is 0.147. The molecular weight excluding hydrogens is 346 g/mol. The summed E-state index contributed by atoms with van der Waals surface area (Å²) in [5, 5.41) is 5.13. The van der Waals surface area contributed by atoms with Gasteiger partial charge in [-0.05, 0) is 29.8 Å². The standard InChI is InChI=1S/C20H17N3O4/c1-12-16(17-19(25)22-11-23-20(17)27-12)18(24)21-8-9-26-15-7-6-13-4-2-3-5-14(13)10-15/h2-7,10-11H,8-9H2,1H3,(H,21,24)(H,22,23,25). The number of aromatic amines is 1. The third-order valence-corrected chi connectivity index (χ3v) is 4.27. The Hall–Kier alpha value is -3.61. The molecule has 0 aliphatic heterocycles. The maximum atomic E-state index is 12.5. The van der Waals surface area contributed by atoms with Crippen LogP contribution in [-0.4, -0.2) is 29.0 Å². The van der Waals surface area contributed by atoms with Crippen LogP contribution in [-0.2, 0) is 0 Å². The van der Waals surface area contributed by atoms with Crippen LogP contribution < -0.4 is 15.6 Å². The number of rotatable bonds is 5. The van der Waals surface area contributed by atoms with Gasteiger partial charge in [-0.1, -0.05) is 30.3 Å². The Morgan fingerprint density at radius 1 is 1.22 bits per heavy atom. The summed E-state index contributed by atoms with van der Waals surface area (Å²) in [5.74, 6) is 0.683. The van der Waals surface area contributed by atoms with Crippen LogP contribution in [0, 0.1) is 6.92 Å². The zero-order chi connectivity index (χ0) is 18.8. The van der Waals surface area contributed by atoms with Gasteiger partial charge in [-0.25, -0.2) is 4.98 Å². The van der Waals surface area contributed by atoms with Gasteiger partial charge >= 0.3 is 0 Å². The second-order valence-corrected chi connectivity index (χ2v) is 6.06. The van der Waals surface area contributed by atoms with Crippen molar-refractivity contribution in [2.45, 2.75) is 6.92 Å². The number of aromatic nitrogens is 2. The number of aryl methyl sites for hydroxylation is 1. The molecular formula is C20H17N3O4. The average molecular weight is 363 g/mol. The molecule has 0 saturated carbocycles.